The van der Waals surface area contributed by atoms with Crippen LogP contribution in [0.25, 0.3) is 22.3 Å². The first-order chi connectivity index (χ1) is 15.8. The molecule has 0 aliphatic heterocycles. The van der Waals surface area contributed by atoms with E-state index in [-0.39, 0.29) is 0 Å². The van der Waals surface area contributed by atoms with Gasteiger partial charge < -0.3 is 5.73 Å². The monoisotopic (exact) mass is 409 g/mol. The van der Waals surface area contributed by atoms with Gasteiger partial charge in [-0.05, 0) is 62.7 Å². The van der Waals surface area contributed by atoms with Gasteiger partial charge in [-0.25, -0.2) is 0 Å². The van der Waals surface area contributed by atoms with Crippen LogP contribution in [0.15, 0.2) is 127 Å². The molecule has 1 aliphatic carbocycles. The fraction of sp³-hybridized carbons (Fsp3) is 0.0323. The summed E-state index contributed by atoms with van der Waals surface area (Å²) in [5, 5.41) is 0. The lowest BCUT2D eigenvalue weighted by atomic mass is 9.67. The highest BCUT2D eigenvalue weighted by Gasteiger charge is 2.46. The van der Waals surface area contributed by atoms with E-state index in [1.807, 2.05) is 6.07 Å². The summed E-state index contributed by atoms with van der Waals surface area (Å²) < 4.78 is 0. The van der Waals surface area contributed by atoms with E-state index in [1.165, 1.54) is 44.5 Å². The van der Waals surface area contributed by atoms with Gasteiger partial charge in [0.2, 0.25) is 0 Å². The predicted octanol–water partition coefficient (Wildman–Crippen LogP) is 7.30. The van der Waals surface area contributed by atoms with Crippen LogP contribution in [-0.4, -0.2) is 0 Å². The van der Waals surface area contributed by atoms with E-state index in [0.717, 1.165) is 5.69 Å². The van der Waals surface area contributed by atoms with Gasteiger partial charge in [-0.2, -0.15) is 0 Å². The van der Waals surface area contributed by atoms with Crippen molar-refractivity contribution >= 4 is 5.69 Å². The Morgan fingerprint density at radius 2 is 0.938 bits per heavy atom. The van der Waals surface area contributed by atoms with Gasteiger partial charge in [0, 0.05) is 5.69 Å². The molecular formula is C31H23N. The Bertz CT molecular complexity index is 1360. The minimum atomic E-state index is -0.423. The molecule has 1 aliphatic rings. The third-order valence-electron chi connectivity index (χ3n) is 6.68. The molecule has 0 amide bonds. The topological polar surface area (TPSA) is 26.0 Å². The Hall–Kier alpha value is -4.10. The lowest BCUT2D eigenvalue weighted by Crippen LogP contribution is -2.28. The number of benzene rings is 5. The van der Waals surface area contributed by atoms with E-state index in [0.29, 0.717) is 0 Å². The molecule has 0 heterocycles. The van der Waals surface area contributed by atoms with Gasteiger partial charge >= 0.3 is 0 Å². The maximum absolute atomic E-state index is 6.36. The number of fused-ring (bicyclic) bond motifs is 3. The lowest BCUT2D eigenvalue weighted by Gasteiger charge is -2.34. The molecule has 0 radical (unpaired) electrons. The van der Waals surface area contributed by atoms with E-state index < -0.39 is 5.41 Å². The second kappa shape index (κ2) is 7.25. The molecule has 0 fully saturated rings. The number of hydrogen-bond acceptors (Lipinski definition) is 1. The van der Waals surface area contributed by atoms with Crippen LogP contribution in [0.1, 0.15) is 22.3 Å². The fourth-order valence-corrected chi connectivity index (χ4v) is 5.32. The van der Waals surface area contributed by atoms with Gasteiger partial charge in [-0.15, -0.1) is 0 Å². The second-order valence-corrected chi connectivity index (χ2v) is 8.41. The number of hydrogen-bond donors (Lipinski definition) is 1. The van der Waals surface area contributed by atoms with Crippen molar-refractivity contribution in [2.45, 2.75) is 5.41 Å². The van der Waals surface area contributed by atoms with Crippen LogP contribution in [-0.2, 0) is 5.41 Å². The maximum Gasteiger partial charge on any atom is 0.0714 e. The number of nitrogen functional groups attached to an aromatic ring is 1. The summed E-state index contributed by atoms with van der Waals surface area (Å²) >= 11 is 0. The Labute approximate surface area is 188 Å². The van der Waals surface area contributed by atoms with Crippen LogP contribution in [0.2, 0.25) is 0 Å². The van der Waals surface area contributed by atoms with Crippen LogP contribution < -0.4 is 5.73 Å². The molecule has 5 aromatic rings. The maximum atomic E-state index is 6.36. The highest BCUT2D eigenvalue weighted by molar-refractivity contribution is 5.89. The van der Waals surface area contributed by atoms with Crippen LogP contribution in [0.4, 0.5) is 5.69 Å². The zero-order chi connectivity index (χ0) is 21.5. The summed E-state index contributed by atoms with van der Waals surface area (Å²) in [5.74, 6) is 0. The van der Waals surface area contributed by atoms with Crippen molar-refractivity contribution in [2.75, 3.05) is 5.73 Å². The Morgan fingerprint density at radius 1 is 0.438 bits per heavy atom. The third-order valence-corrected chi connectivity index (χ3v) is 6.68. The summed E-state index contributed by atoms with van der Waals surface area (Å²) in [4.78, 5) is 0. The average Bonchev–Trinajstić information content (AvgIpc) is 3.15. The van der Waals surface area contributed by atoms with Crippen molar-refractivity contribution in [1.29, 1.82) is 0 Å². The van der Waals surface area contributed by atoms with Crippen molar-refractivity contribution < 1.29 is 0 Å². The van der Waals surface area contributed by atoms with Gasteiger partial charge in [0.05, 0.1) is 5.41 Å². The molecule has 0 unspecified atom stereocenters. The molecule has 5 aromatic carbocycles. The average molecular weight is 410 g/mol. The van der Waals surface area contributed by atoms with E-state index >= 15 is 0 Å². The van der Waals surface area contributed by atoms with Gasteiger partial charge in [0.15, 0.2) is 0 Å². The van der Waals surface area contributed by atoms with E-state index in [1.54, 1.807) is 0 Å². The zero-order valence-corrected chi connectivity index (χ0v) is 17.7. The molecule has 1 heteroatoms. The quantitative estimate of drug-likeness (QED) is 0.305. The second-order valence-electron chi connectivity index (χ2n) is 8.41. The van der Waals surface area contributed by atoms with Gasteiger partial charge in [0.25, 0.3) is 0 Å². The van der Waals surface area contributed by atoms with Gasteiger partial charge in [0.1, 0.15) is 0 Å². The Balaban J connectivity index is 1.76. The molecule has 32 heavy (non-hydrogen) atoms. The number of nitrogens with two attached hydrogens (primary N) is 1. The molecule has 0 atom stereocenters. The van der Waals surface area contributed by atoms with Gasteiger partial charge in [-0.3, -0.25) is 0 Å². The summed E-state index contributed by atoms with van der Waals surface area (Å²) in [7, 11) is 0. The van der Waals surface area contributed by atoms with Gasteiger partial charge in [-0.1, -0.05) is 109 Å². The first-order valence-electron chi connectivity index (χ1n) is 11.0. The van der Waals surface area contributed by atoms with Crippen molar-refractivity contribution in [1.82, 2.24) is 0 Å². The molecule has 152 valence electrons. The molecular weight excluding hydrogens is 386 g/mol. The van der Waals surface area contributed by atoms with Crippen molar-refractivity contribution in [3.05, 3.63) is 150 Å². The first kappa shape index (κ1) is 18.7. The van der Waals surface area contributed by atoms with E-state index in [4.69, 9.17) is 5.73 Å². The Morgan fingerprint density at radius 3 is 1.53 bits per heavy atom. The summed E-state index contributed by atoms with van der Waals surface area (Å²) in [5.41, 5.74) is 16.7. The summed E-state index contributed by atoms with van der Waals surface area (Å²) in [6, 6.07) is 45.5. The highest BCUT2D eigenvalue weighted by Crippen LogP contribution is 2.57. The Kier molecular flexibility index (Phi) is 4.22. The van der Waals surface area contributed by atoms with Crippen molar-refractivity contribution in [2.24, 2.45) is 0 Å². The summed E-state index contributed by atoms with van der Waals surface area (Å²) in [6.45, 7) is 0. The third kappa shape index (κ3) is 2.65. The van der Waals surface area contributed by atoms with Crippen LogP contribution in [0.3, 0.4) is 0 Å². The van der Waals surface area contributed by atoms with Crippen LogP contribution in [0.5, 0.6) is 0 Å². The molecule has 6 rings (SSSR count). The number of anilines is 1. The molecule has 0 aromatic heterocycles. The van der Waals surface area contributed by atoms with E-state index in [9.17, 15) is 0 Å². The molecule has 1 nitrogen and oxygen atoms in total. The summed E-state index contributed by atoms with van der Waals surface area (Å²) in [6.07, 6.45) is 0. The normalized spacial score (nSPS) is 13.4. The lowest BCUT2D eigenvalue weighted by molar-refractivity contribution is 0.769. The fourth-order valence-electron chi connectivity index (χ4n) is 5.32. The molecule has 0 spiro atoms. The minimum Gasteiger partial charge on any atom is -0.399 e. The smallest absolute Gasteiger partial charge is 0.0714 e. The first-order valence-corrected chi connectivity index (χ1v) is 11.0. The molecule has 0 saturated carbocycles. The predicted molar refractivity (Wildman–Crippen MR) is 134 cm³/mol. The number of rotatable bonds is 3. The SMILES string of the molecule is Nc1ccc2c(c1)C(c1ccccc1)(c1ccccc1)c1cc(-c3ccccc3)ccc1-2. The largest absolute Gasteiger partial charge is 0.399 e. The molecule has 2 N–H and O–H groups in total. The minimum absolute atomic E-state index is 0.423. The molecule has 0 bridgehead atoms. The van der Waals surface area contributed by atoms with Crippen molar-refractivity contribution in [3.8, 4) is 22.3 Å². The zero-order valence-electron chi connectivity index (χ0n) is 17.7. The highest BCUT2D eigenvalue weighted by atomic mass is 14.6. The van der Waals surface area contributed by atoms with Crippen LogP contribution >= 0.6 is 0 Å². The van der Waals surface area contributed by atoms with Crippen molar-refractivity contribution in [3.63, 3.8) is 0 Å². The molecule has 0 saturated heterocycles. The van der Waals surface area contributed by atoms with E-state index in [2.05, 4.69) is 121 Å². The van der Waals surface area contributed by atoms with Crippen LogP contribution in [0, 0.1) is 0 Å². The standard InChI is InChI=1S/C31H23N/c32-26-17-19-28-27-18-16-23(22-10-4-1-5-11-22)20-29(27)31(30(28)21-26,24-12-6-2-7-13-24)25-14-8-3-9-15-25/h1-21H,32H2.